The molecule has 2 N–H and O–H groups in total. The van der Waals surface area contributed by atoms with Gasteiger partial charge in [0.1, 0.15) is 0 Å². The highest BCUT2D eigenvalue weighted by atomic mass is 32.2. The molecule has 10 heavy (non-hydrogen) atoms. The maximum absolute atomic E-state index is 10.1. The Morgan fingerprint density at radius 3 is 2.00 bits per heavy atom. The minimum Gasteiger partial charge on any atom is -0.323 e. The van der Waals surface area contributed by atoms with E-state index in [-0.39, 0.29) is 0 Å². The molecular formula is C2H7O6PS. The standard InChI is InChI=1S/C2H7O6PS/c1-10(6,7)8-2-9(3,4)5/h2H2,1H3,(H2,3,4,5). The summed E-state index contributed by atoms with van der Waals surface area (Å²) < 4.78 is 34.0. The van der Waals surface area contributed by atoms with Gasteiger partial charge in [0, 0.05) is 0 Å². The molecule has 0 bridgehead atoms. The normalized spacial score (nSPS) is 13.5. The van der Waals surface area contributed by atoms with Crippen LogP contribution in [0.5, 0.6) is 0 Å². The summed E-state index contributed by atoms with van der Waals surface area (Å²) in [5.41, 5.74) is 0. The Morgan fingerprint density at radius 1 is 1.50 bits per heavy atom. The van der Waals surface area contributed by atoms with Crippen LogP contribution >= 0.6 is 7.60 Å². The van der Waals surface area contributed by atoms with E-state index < -0.39 is 24.1 Å². The van der Waals surface area contributed by atoms with E-state index in [0.29, 0.717) is 6.26 Å². The molecule has 0 amide bonds. The Labute approximate surface area is 58.1 Å². The van der Waals surface area contributed by atoms with Gasteiger partial charge >= 0.3 is 7.60 Å². The van der Waals surface area contributed by atoms with E-state index in [2.05, 4.69) is 4.18 Å². The summed E-state index contributed by atoms with van der Waals surface area (Å²) in [6.07, 6.45) is -0.380. The van der Waals surface area contributed by atoms with Gasteiger partial charge in [0.05, 0.1) is 6.26 Å². The van der Waals surface area contributed by atoms with Gasteiger partial charge in [0.25, 0.3) is 10.1 Å². The summed E-state index contributed by atoms with van der Waals surface area (Å²) in [5.74, 6) is 0. The molecule has 0 aliphatic rings. The smallest absolute Gasteiger partial charge is 0.323 e. The molecule has 0 saturated heterocycles. The van der Waals surface area contributed by atoms with Crippen molar-refractivity contribution in [2.24, 2.45) is 0 Å². The molecule has 0 atom stereocenters. The lowest BCUT2D eigenvalue weighted by Gasteiger charge is -2.01. The van der Waals surface area contributed by atoms with Crippen LogP contribution in [0.4, 0.5) is 0 Å². The first kappa shape index (κ1) is 10.1. The van der Waals surface area contributed by atoms with Crippen LogP contribution in [0.15, 0.2) is 0 Å². The average Bonchev–Trinajstić information content (AvgIpc) is 1.57. The summed E-state index contributed by atoms with van der Waals surface area (Å²) >= 11 is 0. The molecule has 0 spiro atoms. The minimum atomic E-state index is -4.36. The van der Waals surface area contributed by atoms with Gasteiger partial charge < -0.3 is 9.79 Å². The third kappa shape index (κ3) is 8.06. The minimum absolute atomic E-state index is 0.711. The first-order valence-electron chi connectivity index (χ1n) is 2.10. The average molecular weight is 190 g/mol. The highest BCUT2D eigenvalue weighted by Gasteiger charge is 2.16. The van der Waals surface area contributed by atoms with Gasteiger partial charge in [-0.25, -0.2) is 0 Å². The van der Waals surface area contributed by atoms with Crippen molar-refractivity contribution >= 4 is 17.7 Å². The van der Waals surface area contributed by atoms with Crippen molar-refractivity contribution in [3.8, 4) is 0 Å². The lowest BCUT2D eigenvalue weighted by Crippen LogP contribution is -2.04. The molecular weight excluding hydrogens is 183 g/mol. The van der Waals surface area contributed by atoms with Crippen LogP contribution < -0.4 is 0 Å². The molecule has 0 aliphatic carbocycles. The van der Waals surface area contributed by atoms with E-state index in [1.54, 1.807) is 0 Å². The van der Waals surface area contributed by atoms with Crippen molar-refractivity contribution in [3.05, 3.63) is 0 Å². The van der Waals surface area contributed by atoms with Crippen LogP contribution in [0.3, 0.4) is 0 Å². The van der Waals surface area contributed by atoms with Crippen molar-refractivity contribution in [3.63, 3.8) is 0 Å². The molecule has 0 aromatic heterocycles. The lowest BCUT2D eigenvalue weighted by atomic mass is 11.7. The summed E-state index contributed by atoms with van der Waals surface area (Å²) in [6.45, 7) is 0. The van der Waals surface area contributed by atoms with Gasteiger partial charge in [-0.05, 0) is 0 Å². The second kappa shape index (κ2) is 2.98. The zero-order chi connectivity index (χ0) is 8.41. The molecule has 0 radical (unpaired) electrons. The van der Waals surface area contributed by atoms with Crippen molar-refractivity contribution < 1.29 is 27.0 Å². The van der Waals surface area contributed by atoms with E-state index in [9.17, 15) is 13.0 Å². The monoisotopic (exact) mass is 190 g/mol. The van der Waals surface area contributed by atoms with E-state index in [1.807, 2.05) is 0 Å². The maximum Gasteiger partial charge on any atom is 0.352 e. The van der Waals surface area contributed by atoms with Crippen molar-refractivity contribution in [2.45, 2.75) is 0 Å². The molecule has 0 unspecified atom stereocenters. The predicted octanol–water partition coefficient (Wildman–Crippen LogP) is -0.902. The van der Waals surface area contributed by atoms with Crippen LogP contribution in [-0.4, -0.2) is 30.8 Å². The fourth-order valence-electron chi connectivity index (χ4n) is 0.164. The Kier molecular flexibility index (Phi) is 3.00. The van der Waals surface area contributed by atoms with Crippen LogP contribution in [0.1, 0.15) is 0 Å². The van der Waals surface area contributed by atoms with Crippen molar-refractivity contribution in [1.82, 2.24) is 0 Å². The number of hydrogen-bond donors (Lipinski definition) is 2. The molecule has 8 heteroatoms. The fourth-order valence-corrected chi connectivity index (χ4v) is 1.48. The Hall–Kier alpha value is 0.0600. The molecule has 0 heterocycles. The summed E-state index contributed by atoms with van der Waals surface area (Å²) in [4.78, 5) is 16.2. The number of rotatable bonds is 3. The first-order chi connectivity index (χ1) is 4.21. The largest absolute Gasteiger partial charge is 0.352 e. The number of hydrogen-bond acceptors (Lipinski definition) is 4. The maximum atomic E-state index is 10.1. The predicted molar refractivity (Wildman–Crippen MR) is 32.8 cm³/mol. The molecule has 0 fully saturated rings. The summed E-state index contributed by atoms with van der Waals surface area (Å²) in [6, 6.07) is 0. The molecule has 62 valence electrons. The molecule has 0 aromatic carbocycles. The van der Waals surface area contributed by atoms with Gasteiger partial charge in [-0.1, -0.05) is 0 Å². The van der Waals surface area contributed by atoms with E-state index in [1.165, 1.54) is 0 Å². The summed E-state index contributed by atoms with van der Waals surface area (Å²) in [5, 5.41) is 0. The third-order valence-electron chi connectivity index (χ3n) is 0.435. The van der Waals surface area contributed by atoms with Gasteiger partial charge in [0.15, 0.2) is 6.35 Å². The van der Waals surface area contributed by atoms with E-state index in [4.69, 9.17) is 9.79 Å². The molecule has 6 nitrogen and oxygen atoms in total. The fraction of sp³-hybridized carbons (Fsp3) is 1.00. The highest BCUT2D eigenvalue weighted by molar-refractivity contribution is 7.86. The third-order valence-corrected chi connectivity index (χ3v) is 1.62. The van der Waals surface area contributed by atoms with E-state index in [0.717, 1.165) is 0 Å². The van der Waals surface area contributed by atoms with Gasteiger partial charge in [-0.2, -0.15) is 8.42 Å². The Bertz CT molecular complexity index is 234. The highest BCUT2D eigenvalue weighted by Crippen LogP contribution is 2.34. The van der Waals surface area contributed by atoms with Crippen molar-refractivity contribution in [2.75, 3.05) is 12.6 Å². The zero-order valence-electron chi connectivity index (χ0n) is 5.09. The van der Waals surface area contributed by atoms with Gasteiger partial charge in [-0.3, -0.25) is 8.75 Å². The van der Waals surface area contributed by atoms with Crippen LogP contribution in [0.2, 0.25) is 0 Å². The quantitative estimate of drug-likeness (QED) is 0.441. The molecule has 0 saturated carbocycles. The molecule has 0 aliphatic heterocycles. The van der Waals surface area contributed by atoms with Crippen LogP contribution in [0.25, 0.3) is 0 Å². The summed E-state index contributed by atoms with van der Waals surface area (Å²) in [7, 11) is -8.11. The lowest BCUT2D eigenvalue weighted by molar-refractivity contribution is 0.303. The van der Waals surface area contributed by atoms with Crippen LogP contribution in [0, 0.1) is 0 Å². The molecule has 0 aromatic rings. The van der Waals surface area contributed by atoms with Gasteiger partial charge in [-0.15, -0.1) is 0 Å². The van der Waals surface area contributed by atoms with E-state index >= 15 is 0 Å². The Balaban J connectivity index is 3.92. The van der Waals surface area contributed by atoms with Crippen molar-refractivity contribution in [1.29, 1.82) is 0 Å². The topological polar surface area (TPSA) is 101 Å². The SMILES string of the molecule is CS(=O)(=O)OCP(=O)(O)O. The second-order valence-electron chi connectivity index (χ2n) is 1.62. The molecule has 0 rings (SSSR count). The first-order valence-corrected chi connectivity index (χ1v) is 5.71. The second-order valence-corrected chi connectivity index (χ2v) is 4.85. The van der Waals surface area contributed by atoms with Gasteiger partial charge in [0.2, 0.25) is 0 Å². The Morgan fingerprint density at radius 2 is 1.90 bits per heavy atom. The van der Waals surface area contributed by atoms with Crippen LogP contribution in [-0.2, 0) is 18.9 Å². The zero-order valence-corrected chi connectivity index (χ0v) is 6.80.